The third-order valence-corrected chi connectivity index (χ3v) is 3.12. The van der Waals surface area contributed by atoms with Crippen molar-refractivity contribution in [1.82, 2.24) is 0 Å². The summed E-state index contributed by atoms with van der Waals surface area (Å²) in [5.74, 6) is -1.86. The Labute approximate surface area is 115 Å². The number of aromatic carboxylic acids is 1. The molecule has 0 aliphatic rings. The van der Waals surface area contributed by atoms with E-state index in [1.165, 1.54) is 6.07 Å². The van der Waals surface area contributed by atoms with E-state index in [1.54, 1.807) is 6.92 Å². The molecule has 0 aliphatic carbocycles. The average Bonchev–Trinajstić information content (AvgIpc) is 2.37. The van der Waals surface area contributed by atoms with Crippen LogP contribution in [0.5, 0.6) is 0 Å². The van der Waals surface area contributed by atoms with Crippen LogP contribution in [0.4, 0.5) is 11.4 Å². The van der Waals surface area contributed by atoms with Crippen LogP contribution < -0.4 is 5.32 Å². The number of nitro groups is 1. The van der Waals surface area contributed by atoms with Gasteiger partial charge in [-0.3, -0.25) is 14.9 Å². The van der Waals surface area contributed by atoms with Crippen molar-refractivity contribution in [3.05, 3.63) is 33.9 Å². The Morgan fingerprint density at radius 3 is 2.35 bits per heavy atom. The Bertz CT molecular complexity index is 554. The molecule has 0 aliphatic heterocycles. The molecule has 1 aromatic carbocycles. The van der Waals surface area contributed by atoms with E-state index >= 15 is 0 Å². The average molecular weight is 280 g/mol. The number of non-ortho nitro benzene ring substituents is 1. The van der Waals surface area contributed by atoms with Crippen molar-refractivity contribution in [2.24, 2.45) is 11.8 Å². The van der Waals surface area contributed by atoms with Gasteiger partial charge in [0.15, 0.2) is 0 Å². The highest BCUT2D eigenvalue weighted by Gasteiger charge is 2.21. The number of nitro benzene ring substituents is 1. The predicted octanol–water partition coefficient (Wildman–Crippen LogP) is 2.52. The van der Waals surface area contributed by atoms with Gasteiger partial charge in [-0.2, -0.15) is 0 Å². The lowest BCUT2D eigenvalue weighted by Crippen LogP contribution is -2.25. The highest BCUT2D eigenvalue weighted by Crippen LogP contribution is 2.23. The molecule has 20 heavy (non-hydrogen) atoms. The molecule has 108 valence electrons. The monoisotopic (exact) mass is 280 g/mol. The second kappa shape index (κ2) is 6.14. The normalized spacial score (nSPS) is 12.0. The van der Waals surface area contributed by atoms with Crippen molar-refractivity contribution in [2.75, 3.05) is 5.32 Å². The Hall–Kier alpha value is -2.44. The molecule has 0 saturated carbocycles. The van der Waals surface area contributed by atoms with Gasteiger partial charge in [-0.25, -0.2) is 4.79 Å². The van der Waals surface area contributed by atoms with Crippen molar-refractivity contribution in [1.29, 1.82) is 0 Å². The topological polar surface area (TPSA) is 110 Å². The number of hydrogen-bond donors (Lipinski definition) is 2. The fourth-order valence-electron chi connectivity index (χ4n) is 1.48. The van der Waals surface area contributed by atoms with Crippen molar-refractivity contribution in [3.8, 4) is 0 Å². The van der Waals surface area contributed by atoms with Crippen LogP contribution >= 0.6 is 0 Å². The number of nitrogens with zero attached hydrogens (tertiary/aromatic N) is 1. The Kier molecular flexibility index (Phi) is 4.79. The lowest BCUT2D eigenvalue weighted by molar-refractivity contribution is -0.384. The number of carbonyl (C=O) groups is 2. The van der Waals surface area contributed by atoms with Crippen LogP contribution in [0.1, 0.15) is 31.1 Å². The largest absolute Gasteiger partial charge is 0.478 e. The van der Waals surface area contributed by atoms with Crippen LogP contribution in [-0.4, -0.2) is 21.9 Å². The van der Waals surface area contributed by atoms with Gasteiger partial charge in [0.2, 0.25) is 5.91 Å². The maximum atomic E-state index is 11.9. The number of amides is 1. The molecule has 1 aromatic rings. The first-order chi connectivity index (χ1) is 9.23. The molecule has 0 fully saturated rings. The second-order valence-corrected chi connectivity index (χ2v) is 4.81. The summed E-state index contributed by atoms with van der Waals surface area (Å²) in [7, 11) is 0. The molecular formula is C13H16N2O5. The first-order valence-electron chi connectivity index (χ1n) is 6.06. The number of carboxylic acids is 1. The van der Waals surface area contributed by atoms with Crippen LogP contribution in [0.3, 0.4) is 0 Å². The smallest absolute Gasteiger partial charge is 0.338 e. The highest BCUT2D eigenvalue weighted by atomic mass is 16.6. The minimum absolute atomic E-state index is 0.0561. The van der Waals surface area contributed by atoms with Crippen LogP contribution in [0, 0.1) is 22.0 Å². The molecule has 0 bridgehead atoms. The lowest BCUT2D eigenvalue weighted by Gasteiger charge is -2.16. The lowest BCUT2D eigenvalue weighted by atomic mass is 9.97. The summed E-state index contributed by atoms with van der Waals surface area (Å²) in [6.07, 6.45) is 0. The van der Waals surface area contributed by atoms with Crippen LogP contribution in [0.15, 0.2) is 18.2 Å². The number of hydrogen-bond acceptors (Lipinski definition) is 4. The third-order valence-electron chi connectivity index (χ3n) is 3.12. The van der Waals surface area contributed by atoms with E-state index in [4.69, 9.17) is 5.11 Å². The molecule has 1 rings (SSSR count). The first-order valence-corrected chi connectivity index (χ1v) is 6.06. The zero-order valence-electron chi connectivity index (χ0n) is 11.4. The van der Waals surface area contributed by atoms with Gasteiger partial charge in [-0.1, -0.05) is 20.8 Å². The standard InChI is InChI=1S/C13H16N2O5/c1-7(2)8(3)12(16)14-11-5-4-9(15(19)20)6-10(11)13(17)18/h4-8H,1-3H3,(H,14,16)(H,17,18). The van der Waals surface area contributed by atoms with Crippen molar-refractivity contribution in [2.45, 2.75) is 20.8 Å². The van der Waals surface area contributed by atoms with Gasteiger partial charge in [0.25, 0.3) is 5.69 Å². The van der Waals surface area contributed by atoms with E-state index in [-0.39, 0.29) is 34.7 Å². The fraction of sp³-hybridized carbons (Fsp3) is 0.385. The molecular weight excluding hydrogens is 264 g/mol. The Morgan fingerprint density at radius 1 is 1.30 bits per heavy atom. The summed E-state index contributed by atoms with van der Waals surface area (Å²) in [6.45, 7) is 5.47. The predicted molar refractivity (Wildman–Crippen MR) is 72.7 cm³/mol. The summed E-state index contributed by atoms with van der Waals surface area (Å²) < 4.78 is 0. The molecule has 1 amide bonds. The summed E-state index contributed by atoms with van der Waals surface area (Å²) in [5, 5.41) is 22.2. The quantitative estimate of drug-likeness (QED) is 0.636. The van der Waals surface area contributed by atoms with Crippen LogP contribution in [0.2, 0.25) is 0 Å². The number of benzene rings is 1. The second-order valence-electron chi connectivity index (χ2n) is 4.81. The van der Waals surface area contributed by atoms with Crippen LogP contribution in [-0.2, 0) is 4.79 Å². The molecule has 1 unspecified atom stereocenters. The van der Waals surface area contributed by atoms with Gasteiger partial charge in [-0.15, -0.1) is 0 Å². The molecule has 0 aromatic heterocycles. The fourth-order valence-corrected chi connectivity index (χ4v) is 1.48. The van der Waals surface area contributed by atoms with Crippen molar-refractivity contribution >= 4 is 23.3 Å². The Balaban J connectivity index is 3.09. The third kappa shape index (κ3) is 3.53. The van der Waals surface area contributed by atoms with Gasteiger partial charge in [0.1, 0.15) is 0 Å². The maximum absolute atomic E-state index is 11.9. The van der Waals surface area contributed by atoms with E-state index in [0.29, 0.717) is 0 Å². The summed E-state index contributed by atoms with van der Waals surface area (Å²) >= 11 is 0. The molecule has 2 N–H and O–H groups in total. The molecule has 1 atom stereocenters. The van der Waals surface area contributed by atoms with E-state index in [0.717, 1.165) is 12.1 Å². The molecule has 0 radical (unpaired) electrons. The molecule has 7 nitrogen and oxygen atoms in total. The number of carbonyl (C=O) groups excluding carboxylic acids is 1. The highest BCUT2D eigenvalue weighted by molar-refractivity contribution is 6.01. The van der Waals surface area contributed by atoms with E-state index in [2.05, 4.69) is 5.32 Å². The minimum atomic E-state index is -1.33. The van der Waals surface area contributed by atoms with Crippen molar-refractivity contribution < 1.29 is 19.6 Å². The number of carboxylic acid groups (broad SMARTS) is 1. The SMILES string of the molecule is CC(C)C(C)C(=O)Nc1ccc([N+](=O)[O-])cc1C(=O)O. The molecule has 0 spiro atoms. The zero-order valence-corrected chi connectivity index (χ0v) is 11.4. The molecule has 0 heterocycles. The molecule has 7 heteroatoms. The van der Waals surface area contributed by atoms with Gasteiger partial charge < -0.3 is 10.4 Å². The minimum Gasteiger partial charge on any atom is -0.478 e. The van der Waals surface area contributed by atoms with Crippen LogP contribution in [0.25, 0.3) is 0 Å². The number of anilines is 1. The van der Waals surface area contributed by atoms with E-state index < -0.39 is 10.9 Å². The summed E-state index contributed by atoms with van der Waals surface area (Å²) in [4.78, 5) is 33.0. The van der Waals surface area contributed by atoms with Gasteiger partial charge in [0, 0.05) is 18.1 Å². The molecule has 0 saturated heterocycles. The maximum Gasteiger partial charge on any atom is 0.338 e. The number of nitrogens with one attached hydrogen (secondary N) is 1. The summed E-state index contributed by atoms with van der Waals surface area (Å²) in [6, 6.07) is 3.31. The van der Waals surface area contributed by atoms with Gasteiger partial charge in [0.05, 0.1) is 16.2 Å². The Morgan fingerprint density at radius 2 is 1.90 bits per heavy atom. The van der Waals surface area contributed by atoms with E-state index in [9.17, 15) is 19.7 Å². The van der Waals surface area contributed by atoms with Gasteiger partial charge >= 0.3 is 5.97 Å². The summed E-state index contributed by atoms with van der Waals surface area (Å²) in [5.41, 5.74) is -0.582. The van der Waals surface area contributed by atoms with Crippen molar-refractivity contribution in [3.63, 3.8) is 0 Å². The first kappa shape index (κ1) is 15.6. The van der Waals surface area contributed by atoms with E-state index in [1.807, 2.05) is 13.8 Å². The zero-order chi connectivity index (χ0) is 15.4. The van der Waals surface area contributed by atoms with Gasteiger partial charge in [-0.05, 0) is 12.0 Å². The number of rotatable bonds is 5.